The highest BCUT2D eigenvalue weighted by atomic mass is 35.5. The highest BCUT2D eigenvalue weighted by Gasteiger charge is 2.03. The van der Waals surface area contributed by atoms with Gasteiger partial charge in [0, 0.05) is 36.3 Å². The second-order valence-corrected chi connectivity index (χ2v) is 7.37. The quantitative estimate of drug-likeness (QED) is 0.634. The van der Waals surface area contributed by atoms with Crippen molar-refractivity contribution in [1.29, 1.82) is 0 Å². The van der Waals surface area contributed by atoms with Crippen LogP contribution in [0, 0.1) is 0 Å². The van der Waals surface area contributed by atoms with Gasteiger partial charge in [-0.1, -0.05) is 48.0 Å². The Morgan fingerprint density at radius 3 is 2.42 bits per heavy atom. The first kappa shape index (κ1) is 18.5. The summed E-state index contributed by atoms with van der Waals surface area (Å²) in [5.74, 6) is 1.29. The number of benzene rings is 2. The summed E-state index contributed by atoms with van der Waals surface area (Å²) in [7, 11) is 0. The van der Waals surface area contributed by atoms with Gasteiger partial charge in [-0.15, -0.1) is 11.8 Å². The molecule has 6 heteroatoms. The van der Waals surface area contributed by atoms with E-state index in [1.165, 1.54) is 11.1 Å². The lowest BCUT2D eigenvalue weighted by molar-refractivity contribution is -0.118. The number of rotatable bonds is 8. The molecule has 0 aliphatic carbocycles. The SMILES string of the molecule is O=C(CSCc1ccc(Cl)cc1)NCc1ccc(Cn2ccnc2)cc1. The molecular weight excluding hydrogens is 366 g/mol. The standard InChI is InChI=1S/C20H20ClN3OS/c21-19-7-5-18(6-8-19)13-26-14-20(25)23-11-16-1-3-17(4-2-16)12-24-10-9-22-15-24/h1-10,15H,11-14H2,(H,23,25). The third-order valence-electron chi connectivity index (χ3n) is 3.85. The van der Waals surface area contributed by atoms with Crippen LogP contribution in [-0.4, -0.2) is 21.2 Å². The molecular formula is C20H20ClN3OS. The number of thioether (sulfide) groups is 1. The molecule has 0 saturated heterocycles. The number of halogens is 1. The van der Waals surface area contributed by atoms with Gasteiger partial charge in [0.25, 0.3) is 0 Å². The number of hydrogen-bond acceptors (Lipinski definition) is 3. The lowest BCUT2D eigenvalue weighted by Crippen LogP contribution is -2.24. The molecule has 0 aliphatic heterocycles. The van der Waals surface area contributed by atoms with Gasteiger partial charge in [-0.2, -0.15) is 0 Å². The maximum absolute atomic E-state index is 12.0. The van der Waals surface area contributed by atoms with Gasteiger partial charge in [0.05, 0.1) is 12.1 Å². The summed E-state index contributed by atoms with van der Waals surface area (Å²) in [4.78, 5) is 16.0. The van der Waals surface area contributed by atoms with E-state index in [9.17, 15) is 4.79 Å². The van der Waals surface area contributed by atoms with Crippen LogP contribution in [0.2, 0.25) is 5.02 Å². The molecule has 3 aromatic rings. The van der Waals surface area contributed by atoms with Crippen molar-refractivity contribution >= 4 is 29.3 Å². The Bertz CT molecular complexity index is 817. The first-order valence-electron chi connectivity index (χ1n) is 8.31. The first-order chi connectivity index (χ1) is 12.7. The van der Waals surface area contributed by atoms with E-state index in [1.54, 1.807) is 24.3 Å². The van der Waals surface area contributed by atoms with E-state index < -0.39 is 0 Å². The molecule has 0 fully saturated rings. The summed E-state index contributed by atoms with van der Waals surface area (Å²) in [5.41, 5.74) is 3.47. The summed E-state index contributed by atoms with van der Waals surface area (Å²) < 4.78 is 2.02. The lowest BCUT2D eigenvalue weighted by atomic mass is 10.1. The molecule has 0 radical (unpaired) electrons. The number of aromatic nitrogens is 2. The monoisotopic (exact) mass is 385 g/mol. The van der Waals surface area contributed by atoms with E-state index in [1.807, 2.05) is 47.2 Å². The first-order valence-corrected chi connectivity index (χ1v) is 9.85. The summed E-state index contributed by atoms with van der Waals surface area (Å²) >= 11 is 7.46. The van der Waals surface area contributed by atoms with Crippen LogP contribution in [-0.2, 0) is 23.6 Å². The van der Waals surface area contributed by atoms with Gasteiger partial charge >= 0.3 is 0 Å². The van der Waals surface area contributed by atoms with E-state index in [0.29, 0.717) is 12.3 Å². The number of imidazole rings is 1. The lowest BCUT2D eigenvalue weighted by Gasteiger charge is -2.07. The van der Waals surface area contributed by atoms with Gasteiger partial charge in [-0.25, -0.2) is 4.98 Å². The average Bonchev–Trinajstić information content (AvgIpc) is 3.16. The number of nitrogens with one attached hydrogen (secondary N) is 1. The molecule has 0 unspecified atom stereocenters. The molecule has 0 saturated carbocycles. The van der Waals surface area contributed by atoms with Crippen LogP contribution < -0.4 is 5.32 Å². The summed E-state index contributed by atoms with van der Waals surface area (Å²) in [6, 6.07) is 16.0. The third kappa shape index (κ3) is 5.93. The van der Waals surface area contributed by atoms with Crippen molar-refractivity contribution in [3.63, 3.8) is 0 Å². The van der Waals surface area contributed by atoms with Crippen molar-refractivity contribution in [3.05, 3.63) is 89.0 Å². The molecule has 134 valence electrons. The van der Waals surface area contributed by atoms with E-state index in [-0.39, 0.29) is 5.91 Å². The van der Waals surface area contributed by atoms with Crippen LogP contribution in [0.25, 0.3) is 0 Å². The predicted molar refractivity (Wildman–Crippen MR) is 107 cm³/mol. The Balaban J connectivity index is 1.37. The smallest absolute Gasteiger partial charge is 0.230 e. The molecule has 1 aromatic heterocycles. The van der Waals surface area contributed by atoms with Gasteiger partial charge in [0.15, 0.2) is 0 Å². The van der Waals surface area contributed by atoms with Crippen molar-refractivity contribution in [2.75, 3.05) is 5.75 Å². The summed E-state index contributed by atoms with van der Waals surface area (Å²) in [5, 5.41) is 3.69. The normalized spacial score (nSPS) is 10.7. The molecule has 0 atom stereocenters. The third-order valence-corrected chi connectivity index (χ3v) is 5.11. The minimum Gasteiger partial charge on any atom is -0.351 e. The van der Waals surface area contributed by atoms with Crippen molar-refractivity contribution < 1.29 is 4.79 Å². The Kier molecular flexibility index (Phi) is 6.75. The number of amides is 1. The van der Waals surface area contributed by atoms with Crippen LogP contribution >= 0.6 is 23.4 Å². The molecule has 1 heterocycles. The van der Waals surface area contributed by atoms with Gasteiger partial charge in [-0.3, -0.25) is 4.79 Å². The van der Waals surface area contributed by atoms with Crippen molar-refractivity contribution in [2.24, 2.45) is 0 Å². The van der Waals surface area contributed by atoms with Crippen LogP contribution in [0.1, 0.15) is 16.7 Å². The fraction of sp³-hybridized carbons (Fsp3) is 0.200. The summed E-state index contributed by atoms with van der Waals surface area (Å²) in [6.07, 6.45) is 5.51. The highest BCUT2D eigenvalue weighted by molar-refractivity contribution is 7.99. The molecule has 26 heavy (non-hydrogen) atoms. The van der Waals surface area contributed by atoms with Crippen molar-refractivity contribution in [3.8, 4) is 0 Å². The highest BCUT2D eigenvalue weighted by Crippen LogP contribution is 2.15. The Morgan fingerprint density at radius 1 is 1.04 bits per heavy atom. The van der Waals surface area contributed by atoms with Crippen LogP contribution in [0.4, 0.5) is 0 Å². The Morgan fingerprint density at radius 2 is 1.73 bits per heavy atom. The maximum Gasteiger partial charge on any atom is 0.230 e. The maximum atomic E-state index is 12.0. The second-order valence-electron chi connectivity index (χ2n) is 5.95. The van der Waals surface area contributed by atoms with Gasteiger partial charge in [0.1, 0.15) is 0 Å². The van der Waals surface area contributed by atoms with Gasteiger partial charge in [-0.05, 0) is 28.8 Å². The van der Waals surface area contributed by atoms with E-state index >= 15 is 0 Å². The molecule has 1 amide bonds. The Hall–Kier alpha value is -2.24. The number of carbonyl (C=O) groups is 1. The van der Waals surface area contributed by atoms with Gasteiger partial charge < -0.3 is 9.88 Å². The fourth-order valence-electron chi connectivity index (χ4n) is 2.45. The van der Waals surface area contributed by atoms with Crippen molar-refractivity contribution in [2.45, 2.75) is 18.8 Å². The zero-order chi connectivity index (χ0) is 18.2. The zero-order valence-electron chi connectivity index (χ0n) is 14.3. The van der Waals surface area contributed by atoms with Crippen LogP contribution in [0.5, 0.6) is 0 Å². The summed E-state index contributed by atoms with van der Waals surface area (Å²) in [6.45, 7) is 1.35. The van der Waals surface area contributed by atoms with Crippen molar-refractivity contribution in [1.82, 2.24) is 14.9 Å². The van der Waals surface area contributed by atoms with Gasteiger partial charge in [0.2, 0.25) is 5.91 Å². The number of hydrogen-bond donors (Lipinski definition) is 1. The predicted octanol–water partition coefficient (Wildman–Crippen LogP) is 4.13. The molecule has 0 spiro atoms. The topological polar surface area (TPSA) is 46.9 Å². The molecule has 2 aromatic carbocycles. The molecule has 0 bridgehead atoms. The second kappa shape index (κ2) is 9.46. The van der Waals surface area contributed by atoms with Crippen LogP contribution in [0.15, 0.2) is 67.3 Å². The molecule has 3 rings (SSSR count). The number of carbonyl (C=O) groups excluding carboxylic acids is 1. The van der Waals surface area contributed by atoms with E-state index in [0.717, 1.165) is 22.9 Å². The zero-order valence-corrected chi connectivity index (χ0v) is 15.8. The van der Waals surface area contributed by atoms with Crippen LogP contribution in [0.3, 0.4) is 0 Å². The fourth-order valence-corrected chi connectivity index (χ4v) is 3.39. The molecule has 1 N–H and O–H groups in total. The van der Waals surface area contributed by atoms with E-state index in [4.69, 9.17) is 11.6 Å². The molecule has 0 aliphatic rings. The minimum absolute atomic E-state index is 0.0476. The minimum atomic E-state index is 0.0476. The largest absolute Gasteiger partial charge is 0.351 e. The average molecular weight is 386 g/mol. The Labute approximate surface area is 162 Å². The van der Waals surface area contributed by atoms with E-state index in [2.05, 4.69) is 22.4 Å². The number of nitrogens with zero attached hydrogens (tertiary/aromatic N) is 2. The molecule has 4 nitrogen and oxygen atoms in total.